The van der Waals surface area contributed by atoms with E-state index in [1.54, 1.807) is 14.2 Å². The molecule has 2 amide bonds. The topological polar surface area (TPSA) is 112 Å². The molecular formula is C23H28BrN5O4. The number of nitrogens with zero attached hydrogens (tertiary/aromatic N) is 3. The van der Waals surface area contributed by atoms with Gasteiger partial charge in [0.2, 0.25) is 5.91 Å². The fourth-order valence-corrected chi connectivity index (χ4v) is 5.37. The van der Waals surface area contributed by atoms with E-state index in [9.17, 15) is 9.59 Å². The van der Waals surface area contributed by atoms with Gasteiger partial charge in [0.15, 0.2) is 0 Å². The highest BCUT2D eigenvalue weighted by Crippen LogP contribution is 2.43. The number of methoxy groups -OCH3 is 2. The first-order chi connectivity index (χ1) is 15.9. The van der Waals surface area contributed by atoms with Gasteiger partial charge in [-0.1, -0.05) is 6.58 Å². The van der Waals surface area contributed by atoms with E-state index >= 15 is 0 Å². The van der Waals surface area contributed by atoms with E-state index in [0.29, 0.717) is 57.6 Å². The molecular weight excluding hydrogens is 490 g/mol. The van der Waals surface area contributed by atoms with Crippen molar-refractivity contribution >= 4 is 33.6 Å². The molecule has 9 nitrogen and oxygen atoms in total. The number of carbonyl (C=O) groups excluding carboxylic acids is 2. The maximum atomic E-state index is 12.5. The van der Waals surface area contributed by atoms with Crippen LogP contribution in [0, 0.1) is 5.92 Å². The van der Waals surface area contributed by atoms with Crippen molar-refractivity contribution in [1.82, 2.24) is 14.7 Å². The van der Waals surface area contributed by atoms with Gasteiger partial charge in [-0.2, -0.15) is 5.10 Å². The van der Waals surface area contributed by atoms with Gasteiger partial charge in [-0.25, -0.2) is 4.68 Å². The number of anilines is 1. The number of hydrogen-bond donors (Lipinski definition) is 2. The molecule has 1 aromatic heterocycles. The van der Waals surface area contributed by atoms with Crippen LogP contribution < -0.4 is 20.5 Å². The van der Waals surface area contributed by atoms with Crippen molar-refractivity contribution in [3.63, 3.8) is 0 Å². The van der Waals surface area contributed by atoms with Gasteiger partial charge in [0.1, 0.15) is 33.0 Å². The zero-order chi connectivity index (χ0) is 23.7. The van der Waals surface area contributed by atoms with Crippen molar-refractivity contribution in [2.45, 2.75) is 25.3 Å². The van der Waals surface area contributed by atoms with Crippen LogP contribution in [-0.4, -0.2) is 60.3 Å². The number of amides is 2. The predicted octanol–water partition coefficient (Wildman–Crippen LogP) is 3.21. The molecule has 0 radical (unpaired) electrons. The molecule has 4 rings (SSSR count). The Balaban J connectivity index is 1.73. The second-order valence-corrected chi connectivity index (χ2v) is 9.02. The molecule has 2 aromatic rings. The minimum atomic E-state index is -0.549. The zero-order valence-electron chi connectivity index (χ0n) is 18.8. The number of nitrogens with one attached hydrogen (secondary N) is 1. The number of rotatable bonds is 6. The first kappa shape index (κ1) is 23.2. The molecule has 1 fully saturated rings. The Labute approximate surface area is 201 Å². The van der Waals surface area contributed by atoms with E-state index < -0.39 is 5.91 Å². The van der Waals surface area contributed by atoms with Gasteiger partial charge in [-0.3, -0.25) is 9.59 Å². The molecule has 0 aliphatic carbocycles. The molecule has 0 bridgehead atoms. The molecule has 1 atom stereocenters. The molecule has 0 saturated carbocycles. The summed E-state index contributed by atoms with van der Waals surface area (Å²) in [4.78, 5) is 26.3. The molecule has 10 heteroatoms. The molecule has 3 N–H and O–H groups in total. The molecule has 0 spiro atoms. The van der Waals surface area contributed by atoms with Crippen LogP contribution in [0.1, 0.15) is 35.7 Å². The van der Waals surface area contributed by atoms with E-state index in [1.807, 2.05) is 21.7 Å². The van der Waals surface area contributed by atoms with Crippen molar-refractivity contribution < 1.29 is 19.1 Å². The van der Waals surface area contributed by atoms with Crippen molar-refractivity contribution in [3.8, 4) is 22.8 Å². The Morgan fingerprint density at radius 3 is 2.39 bits per heavy atom. The second kappa shape index (κ2) is 9.46. The minimum Gasteiger partial charge on any atom is -0.495 e. The molecule has 2 aliphatic heterocycles. The number of fused-ring (bicyclic) bond motifs is 1. The van der Waals surface area contributed by atoms with Crippen molar-refractivity contribution in [3.05, 3.63) is 34.8 Å². The number of likely N-dealkylation sites (tertiary alicyclic amines) is 1. The summed E-state index contributed by atoms with van der Waals surface area (Å²) in [5, 5.41) is 8.21. The van der Waals surface area contributed by atoms with E-state index in [-0.39, 0.29) is 11.9 Å². The van der Waals surface area contributed by atoms with Crippen LogP contribution in [0.4, 0.5) is 5.82 Å². The molecule has 2 aliphatic rings. The van der Waals surface area contributed by atoms with E-state index in [1.165, 1.54) is 6.08 Å². The lowest BCUT2D eigenvalue weighted by atomic mass is 9.87. The fraction of sp³-hybridized carbons (Fsp3) is 0.435. The Kier molecular flexibility index (Phi) is 6.64. The Hall–Kier alpha value is -3.01. The largest absolute Gasteiger partial charge is 0.495 e. The summed E-state index contributed by atoms with van der Waals surface area (Å²) in [6.07, 6.45) is 3.97. The van der Waals surface area contributed by atoms with Gasteiger partial charge in [-0.05, 0) is 59.3 Å². The zero-order valence-corrected chi connectivity index (χ0v) is 20.4. The number of hydrogen-bond acceptors (Lipinski definition) is 6. The fourth-order valence-electron chi connectivity index (χ4n) is 4.82. The molecule has 0 unspecified atom stereocenters. The van der Waals surface area contributed by atoms with Gasteiger partial charge in [0.05, 0.1) is 20.3 Å². The normalized spacial score (nSPS) is 18.3. The lowest BCUT2D eigenvalue weighted by molar-refractivity contribution is -0.127. The Morgan fingerprint density at radius 2 is 1.85 bits per heavy atom. The summed E-state index contributed by atoms with van der Waals surface area (Å²) >= 11 is 3.48. The minimum absolute atomic E-state index is 0.0324. The number of nitrogens with two attached hydrogens (primary N) is 1. The average Bonchev–Trinajstić information content (AvgIpc) is 3.24. The van der Waals surface area contributed by atoms with Crippen LogP contribution in [0.25, 0.3) is 11.3 Å². The number of aromatic nitrogens is 2. The van der Waals surface area contributed by atoms with Crippen LogP contribution in [0.5, 0.6) is 11.5 Å². The van der Waals surface area contributed by atoms with Gasteiger partial charge >= 0.3 is 0 Å². The number of halogens is 1. The van der Waals surface area contributed by atoms with Gasteiger partial charge in [0.25, 0.3) is 5.91 Å². The maximum Gasteiger partial charge on any atom is 0.254 e. The van der Waals surface area contributed by atoms with Crippen LogP contribution in [0.3, 0.4) is 0 Å². The van der Waals surface area contributed by atoms with E-state index in [4.69, 9.17) is 20.3 Å². The predicted molar refractivity (Wildman–Crippen MR) is 129 cm³/mol. The smallest absolute Gasteiger partial charge is 0.254 e. The highest BCUT2D eigenvalue weighted by atomic mass is 79.9. The summed E-state index contributed by atoms with van der Waals surface area (Å²) in [6.45, 7) is 5.68. The van der Waals surface area contributed by atoms with Crippen LogP contribution in [0.15, 0.2) is 29.3 Å². The maximum absolute atomic E-state index is 12.5. The molecule has 176 valence electrons. The lowest BCUT2D eigenvalue weighted by Crippen LogP contribution is -2.41. The first-order valence-corrected chi connectivity index (χ1v) is 11.7. The first-order valence-electron chi connectivity index (χ1n) is 10.9. The van der Waals surface area contributed by atoms with Crippen LogP contribution in [-0.2, 0) is 4.79 Å². The monoisotopic (exact) mass is 517 g/mol. The van der Waals surface area contributed by atoms with Gasteiger partial charge in [-0.15, -0.1) is 0 Å². The SMILES string of the molecule is C=CC(=O)N1CCC([C@@H]2CCNc3c(C(N)=O)c(-c4cc(OC)c(Br)c(OC)c4)nn32)CC1. The summed E-state index contributed by atoms with van der Waals surface area (Å²) in [5.74, 6) is 1.52. The third-order valence-corrected chi connectivity index (χ3v) is 7.27. The summed E-state index contributed by atoms with van der Waals surface area (Å²) in [6, 6.07) is 3.72. The van der Waals surface area contributed by atoms with Crippen LogP contribution in [0.2, 0.25) is 0 Å². The number of ether oxygens (including phenoxy) is 2. The van der Waals surface area contributed by atoms with Gasteiger partial charge < -0.3 is 25.4 Å². The average molecular weight is 518 g/mol. The Morgan fingerprint density at radius 1 is 1.21 bits per heavy atom. The number of piperidine rings is 1. The molecule has 1 aromatic carbocycles. The summed E-state index contributed by atoms with van der Waals surface area (Å²) in [5.41, 5.74) is 7.34. The summed E-state index contributed by atoms with van der Waals surface area (Å²) < 4.78 is 13.5. The highest BCUT2D eigenvalue weighted by Gasteiger charge is 2.36. The van der Waals surface area contributed by atoms with Gasteiger partial charge in [0, 0.05) is 25.2 Å². The lowest BCUT2D eigenvalue weighted by Gasteiger charge is -2.38. The standard InChI is InChI=1S/C23H28BrN5O4/c1-4-18(30)28-9-6-13(7-10-28)15-5-8-26-23-19(22(25)31)21(27-29(15)23)14-11-16(32-2)20(24)17(12-14)33-3/h4,11-13,15,26H,1,5-10H2,2-3H3,(H2,25,31)/t15-/m0/s1. The molecule has 33 heavy (non-hydrogen) atoms. The number of carbonyl (C=O) groups is 2. The van der Waals surface area contributed by atoms with Crippen molar-refractivity contribution in [2.24, 2.45) is 11.7 Å². The molecule has 1 saturated heterocycles. The quantitative estimate of drug-likeness (QED) is 0.569. The summed E-state index contributed by atoms with van der Waals surface area (Å²) in [7, 11) is 3.13. The van der Waals surface area contributed by atoms with E-state index in [0.717, 1.165) is 25.8 Å². The van der Waals surface area contributed by atoms with E-state index in [2.05, 4.69) is 27.8 Å². The highest BCUT2D eigenvalue weighted by molar-refractivity contribution is 9.10. The van der Waals surface area contributed by atoms with Crippen molar-refractivity contribution in [2.75, 3.05) is 39.2 Å². The second-order valence-electron chi connectivity index (χ2n) is 8.23. The third kappa shape index (κ3) is 4.19. The number of benzene rings is 1. The molecule has 3 heterocycles. The Bertz CT molecular complexity index is 1070. The van der Waals surface area contributed by atoms with Crippen LogP contribution >= 0.6 is 15.9 Å². The number of primary amides is 1. The third-order valence-electron chi connectivity index (χ3n) is 6.49. The van der Waals surface area contributed by atoms with Crippen molar-refractivity contribution in [1.29, 1.82) is 0 Å².